The highest BCUT2D eigenvalue weighted by Gasteiger charge is 2.47. The van der Waals surface area contributed by atoms with Gasteiger partial charge in [0.25, 0.3) is 5.88 Å². The van der Waals surface area contributed by atoms with Gasteiger partial charge in [0, 0.05) is 51.0 Å². The van der Waals surface area contributed by atoms with E-state index in [0.717, 1.165) is 43.4 Å². The molecule has 0 bridgehead atoms. The summed E-state index contributed by atoms with van der Waals surface area (Å²) in [5.41, 5.74) is -0.321. The summed E-state index contributed by atoms with van der Waals surface area (Å²) in [6.45, 7) is 3.43. The van der Waals surface area contributed by atoms with Gasteiger partial charge in [0.1, 0.15) is 5.60 Å². The number of methoxy groups -OCH3 is 1. The molecule has 2 aromatic rings. The van der Waals surface area contributed by atoms with Crippen LogP contribution in [-0.4, -0.2) is 65.8 Å². The largest absolute Gasteiger partial charge is 0.479 e. The predicted molar refractivity (Wildman–Crippen MR) is 137 cm³/mol. The molecule has 0 atom stereocenters. The van der Waals surface area contributed by atoms with Gasteiger partial charge in [-0.25, -0.2) is 4.79 Å². The molecule has 0 radical (unpaired) electrons. The molecule has 40 heavy (non-hydrogen) atoms. The number of hydrogen-bond acceptors (Lipinski definition) is 7. The quantitative estimate of drug-likeness (QED) is 0.500. The lowest BCUT2D eigenvalue weighted by Gasteiger charge is -2.37. The van der Waals surface area contributed by atoms with E-state index in [1.165, 1.54) is 19.2 Å². The third-order valence-corrected chi connectivity index (χ3v) is 8.38. The Labute approximate surface area is 230 Å². The lowest BCUT2D eigenvalue weighted by molar-refractivity contribution is -0.137. The number of carbonyl (C=O) groups excluding carboxylic acids is 2. The molecule has 1 spiro atoms. The Bertz CT molecular complexity index is 1170. The van der Waals surface area contributed by atoms with Gasteiger partial charge in [-0.2, -0.15) is 13.2 Å². The van der Waals surface area contributed by atoms with Crippen LogP contribution < -0.4 is 10.1 Å². The average Bonchev–Trinajstić information content (AvgIpc) is 3.53. The number of carbonyl (C=O) groups is 2. The van der Waals surface area contributed by atoms with Gasteiger partial charge in [0.2, 0.25) is 5.91 Å². The van der Waals surface area contributed by atoms with E-state index >= 15 is 0 Å². The van der Waals surface area contributed by atoms with E-state index < -0.39 is 17.3 Å². The Morgan fingerprint density at radius 1 is 1.15 bits per heavy atom. The smallest absolute Gasteiger partial charge is 0.416 e. The van der Waals surface area contributed by atoms with Crippen LogP contribution in [0.5, 0.6) is 5.88 Å². The maximum Gasteiger partial charge on any atom is 0.416 e. The Morgan fingerprint density at radius 3 is 2.48 bits per heavy atom. The summed E-state index contributed by atoms with van der Waals surface area (Å²) >= 11 is 0. The van der Waals surface area contributed by atoms with Crippen LogP contribution in [0, 0.1) is 11.8 Å². The number of halogens is 3. The molecule has 0 unspecified atom stereocenters. The van der Waals surface area contributed by atoms with Crippen LogP contribution in [0.1, 0.15) is 55.4 Å². The van der Waals surface area contributed by atoms with Crippen LogP contribution in [0.2, 0.25) is 0 Å². The second kappa shape index (κ2) is 11.7. The van der Waals surface area contributed by atoms with Crippen molar-refractivity contribution >= 4 is 12.0 Å². The summed E-state index contributed by atoms with van der Waals surface area (Å²) in [7, 11) is 1.50. The van der Waals surface area contributed by atoms with Crippen molar-refractivity contribution in [2.24, 2.45) is 11.8 Å². The SMILES string of the molecule is COc1cc(CNC(=O)C2CCC(CN3CC4(CCN(Cc5ccc(C(F)(F)F)cc5)CC4)OC3=O)CC2)on1. The van der Waals surface area contributed by atoms with Crippen molar-refractivity contribution in [1.82, 2.24) is 20.3 Å². The molecule has 9 nitrogen and oxygen atoms in total. The molecule has 1 aromatic heterocycles. The maximum atomic E-state index is 12.8. The fourth-order valence-corrected chi connectivity index (χ4v) is 5.98. The summed E-state index contributed by atoms with van der Waals surface area (Å²) in [4.78, 5) is 29.3. The monoisotopic (exact) mass is 564 g/mol. The molecule has 12 heteroatoms. The van der Waals surface area contributed by atoms with Crippen molar-refractivity contribution in [1.29, 1.82) is 0 Å². The van der Waals surface area contributed by atoms with E-state index in [4.69, 9.17) is 14.0 Å². The van der Waals surface area contributed by atoms with Gasteiger partial charge in [-0.1, -0.05) is 12.1 Å². The fourth-order valence-electron chi connectivity index (χ4n) is 5.98. The van der Waals surface area contributed by atoms with E-state index in [9.17, 15) is 22.8 Å². The number of nitrogens with one attached hydrogen (secondary N) is 1. The number of alkyl halides is 3. The Morgan fingerprint density at radius 2 is 1.85 bits per heavy atom. The van der Waals surface area contributed by atoms with Crippen LogP contribution in [0.15, 0.2) is 34.9 Å². The molecule has 2 aliphatic heterocycles. The van der Waals surface area contributed by atoms with E-state index in [0.29, 0.717) is 63.1 Å². The van der Waals surface area contributed by atoms with Crippen molar-refractivity contribution in [2.75, 3.05) is 33.3 Å². The molecule has 3 aliphatic rings. The van der Waals surface area contributed by atoms with Crippen molar-refractivity contribution in [3.63, 3.8) is 0 Å². The van der Waals surface area contributed by atoms with Crippen molar-refractivity contribution in [2.45, 2.75) is 63.4 Å². The van der Waals surface area contributed by atoms with Gasteiger partial charge in [-0.3, -0.25) is 9.69 Å². The van der Waals surface area contributed by atoms with E-state index in [-0.39, 0.29) is 24.5 Å². The van der Waals surface area contributed by atoms with E-state index in [2.05, 4.69) is 15.4 Å². The minimum atomic E-state index is -4.34. The number of amides is 2. The number of piperidine rings is 1. The summed E-state index contributed by atoms with van der Waals surface area (Å²) < 4.78 is 54.4. The Hall–Kier alpha value is -3.28. The highest BCUT2D eigenvalue weighted by Crippen LogP contribution is 2.36. The van der Waals surface area contributed by atoms with Gasteiger partial charge in [-0.05, 0) is 54.5 Å². The van der Waals surface area contributed by atoms with E-state index in [1.54, 1.807) is 6.07 Å². The fraction of sp³-hybridized carbons (Fsp3) is 0.607. The zero-order valence-electron chi connectivity index (χ0n) is 22.5. The summed E-state index contributed by atoms with van der Waals surface area (Å²) in [6, 6.07) is 6.93. The molecular weight excluding hydrogens is 529 g/mol. The normalized spacial score (nSPS) is 23.3. The number of aromatic nitrogens is 1. The third kappa shape index (κ3) is 6.71. The second-order valence-corrected chi connectivity index (χ2v) is 11.2. The van der Waals surface area contributed by atoms with Crippen LogP contribution in [0.25, 0.3) is 0 Å². The molecule has 1 aromatic carbocycles. The minimum Gasteiger partial charge on any atom is -0.479 e. The summed E-state index contributed by atoms with van der Waals surface area (Å²) in [5, 5.41) is 6.63. The summed E-state index contributed by atoms with van der Waals surface area (Å²) in [6.07, 6.45) is 0.0407. The van der Waals surface area contributed by atoms with Crippen molar-refractivity contribution in [3.8, 4) is 5.88 Å². The summed E-state index contributed by atoms with van der Waals surface area (Å²) in [5.74, 6) is 1.16. The molecule has 5 rings (SSSR count). The van der Waals surface area contributed by atoms with E-state index in [1.807, 2.05) is 4.90 Å². The molecule has 3 heterocycles. The predicted octanol–water partition coefficient (Wildman–Crippen LogP) is 4.61. The molecule has 2 amide bonds. The Balaban J connectivity index is 1.03. The highest BCUT2D eigenvalue weighted by atomic mass is 19.4. The van der Waals surface area contributed by atoms with Crippen LogP contribution in [0.4, 0.5) is 18.0 Å². The molecular formula is C28H35F3N4O5. The Kier molecular flexibility index (Phi) is 8.25. The first-order valence-electron chi connectivity index (χ1n) is 13.8. The van der Waals surface area contributed by atoms with Gasteiger partial charge in [0.05, 0.1) is 25.8 Å². The number of hydrogen-bond donors (Lipinski definition) is 1. The number of nitrogens with zero attached hydrogens (tertiary/aromatic N) is 3. The number of ether oxygens (including phenoxy) is 2. The van der Waals surface area contributed by atoms with Crippen LogP contribution in [-0.2, 0) is 28.8 Å². The zero-order valence-corrected chi connectivity index (χ0v) is 22.5. The molecule has 3 fully saturated rings. The first-order chi connectivity index (χ1) is 19.1. The zero-order chi connectivity index (χ0) is 28.3. The number of likely N-dealkylation sites (tertiary alicyclic amines) is 1. The molecule has 1 aliphatic carbocycles. The van der Waals surface area contributed by atoms with Crippen molar-refractivity contribution < 1.29 is 36.8 Å². The topological polar surface area (TPSA) is 97.1 Å². The molecule has 1 saturated carbocycles. The third-order valence-electron chi connectivity index (χ3n) is 8.38. The molecule has 1 N–H and O–H groups in total. The lowest BCUT2D eigenvalue weighted by Crippen LogP contribution is -2.46. The molecule has 218 valence electrons. The van der Waals surface area contributed by atoms with Crippen LogP contribution >= 0.6 is 0 Å². The highest BCUT2D eigenvalue weighted by molar-refractivity contribution is 5.78. The second-order valence-electron chi connectivity index (χ2n) is 11.2. The van der Waals surface area contributed by atoms with Crippen molar-refractivity contribution in [3.05, 3.63) is 47.2 Å². The van der Waals surface area contributed by atoms with Crippen LogP contribution in [0.3, 0.4) is 0 Å². The van der Waals surface area contributed by atoms with Gasteiger partial charge < -0.3 is 24.2 Å². The standard InChI is InChI=1S/C28H35F3N4O5/c1-38-24-14-23(40-33-24)15-32-25(36)21-6-2-20(3-7-21)17-35-18-27(39-26(35)37)10-12-34(13-11-27)16-19-4-8-22(9-5-19)28(29,30)31/h4-5,8-9,14,20-21H,2-3,6-7,10-13,15-18H2,1H3,(H,32,36). The minimum absolute atomic E-state index is 0.00333. The first kappa shape index (κ1) is 28.3. The average molecular weight is 565 g/mol. The molecule has 2 saturated heterocycles. The van der Waals surface area contributed by atoms with Gasteiger partial charge >= 0.3 is 12.3 Å². The van der Waals surface area contributed by atoms with Gasteiger partial charge in [0.15, 0.2) is 5.76 Å². The first-order valence-corrected chi connectivity index (χ1v) is 13.8. The lowest BCUT2D eigenvalue weighted by atomic mass is 9.81. The number of benzene rings is 1. The maximum absolute atomic E-state index is 12.8. The van der Waals surface area contributed by atoms with Gasteiger partial charge in [-0.15, -0.1) is 0 Å². The number of rotatable bonds is 8.